The number of thioether (sulfide) groups is 1. The van der Waals surface area contributed by atoms with Crippen LogP contribution >= 0.6 is 11.8 Å². The lowest BCUT2D eigenvalue weighted by molar-refractivity contribution is 0.668. The Morgan fingerprint density at radius 2 is 1.88 bits per heavy atom. The van der Waals surface area contributed by atoms with E-state index in [1.807, 2.05) is 11.8 Å². The number of allylic oxidation sites excluding steroid dienone is 5. The molecular weight excluding hydrogens is 212 g/mol. The van der Waals surface area contributed by atoms with Crippen LogP contribution in [0.2, 0.25) is 0 Å². The van der Waals surface area contributed by atoms with Crippen molar-refractivity contribution in [2.45, 2.75) is 52.9 Å². The van der Waals surface area contributed by atoms with Crippen LogP contribution in [0.3, 0.4) is 0 Å². The zero-order valence-electron chi connectivity index (χ0n) is 11.3. The minimum Gasteiger partial charge on any atom is -0.130 e. The van der Waals surface area contributed by atoms with Crippen LogP contribution in [0.1, 0.15) is 52.9 Å². The first kappa shape index (κ1) is 15.6. The second-order valence-corrected chi connectivity index (χ2v) is 4.80. The summed E-state index contributed by atoms with van der Waals surface area (Å²) in [5.74, 6) is 0. The maximum Gasteiger partial charge on any atom is 0.00684 e. The fourth-order valence-corrected chi connectivity index (χ4v) is 2.12. The first-order chi connectivity index (χ1) is 7.78. The van der Waals surface area contributed by atoms with Crippen molar-refractivity contribution in [3.8, 4) is 0 Å². The van der Waals surface area contributed by atoms with Gasteiger partial charge in [-0.1, -0.05) is 50.0 Å². The van der Waals surface area contributed by atoms with Gasteiger partial charge in [0.1, 0.15) is 0 Å². The van der Waals surface area contributed by atoms with Crippen molar-refractivity contribution in [3.05, 3.63) is 34.8 Å². The Hall–Kier alpha value is -0.430. The van der Waals surface area contributed by atoms with Gasteiger partial charge in [-0.3, -0.25) is 0 Å². The Morgan fingerprint density at radius 3 is 2.38 bits per heavy atom. The van der Waals surface area contributed by atoms with E-state index in [1.165, 1.54) is 42.6 Å². The molecule has 0 aromatic carbocycles. The van der Waals surface area contributed by atoms with Crippen LogP contribution < -0.4 is 0 Å². The van der Waals surface area contributed by atoms with Crippen LogP contribution in [0.4, 0.5) is 0 Å². The molecule has 0 radical (unpaired) electrons. The summed E-state index contributed by atoms with van der Waals surface area (Å²) < 4.78 is 0. The zero-order valence-corrected chi connectivity index (χ0v) is 12.1. The molecule has 0 heterocycles. The highest BCUT2D eigenvalue weighted by molar-refractivity contribution is 8.02. The second kappa shape index (κ2) is 11.1. The van der Waals surface area contributed by atoms with Gasteiger partial charge in [-0.25, -0.2) is 0 Å². The molecule has 0 spiro atoms. The summed E-state index contributed by atoms with van der Waals surface area (Å²) in [5, 5.41) is 0. The molecule has 0 fully saturated rings. The topological polar surface area (TPSA) is 0 Å². The minimum atomic E-state index is 1.22. The molecule has 92 valence electrons. The lowest BCUT2D eigenvalue weighted by Gasteiger charge is -2.03. The van der Waals surface area contributed by atoms with Gasteiger partial charge in [0.15, 0.2) is 0 Å². The van der Waals surface area contributed by atoms with Gasteiger partial charge in [0.25, 0.3) is 0 Å². The fraction of sp³-hybridized carbons (Fsp3) is 0.600. The lowest BCUT2D eigenvalue weighted by Crippen LogP contribution is -1.83. The van der Waals surface area contributed by atoms with Crippen molar-refractivity contribution in [2.24, 2.45) is 0 Å². The van der Waals surface area contributed by atoms with Crippen LogP contribution in [-0.4, -0.2) is 6.26 Å². The van der Waals surface area contributed by atoms with Crippen LogP contribution in [0.5, 0.6) is 0 Å². The SMILES string of the molecule is C/C=C/C(=C/C(=C/C)CCCCCC)SC. The standard InChI is InChI=1S/C15H26S/c1-5-8-9-10-12-14(7-3)13-15(16-4)11-6-2/h6-7,11,13H,5,8-10,12H2,1-4H3/b11-6+,14-7+,15-13-. The Balaban J connectivity index is 4.18. The highest BCUT2D eigenvalue weighted by atomic mass is 32.2. The van der Waals surface area contributed by atoms with E-state index in [1.54, 1.807) is 0 Å². The molecule has 0 aliphatic carbocycles. The van der Waals surface area contributed by atoms with Gasteiger partial charge in [0.2, 0.25) is 0 Å². The second-order valence-electron chi connectivity index (χ2n) is 3.93. The van der Waals surface area contributed by atoms with E-state index in [4.69, 9.17) is 0 Å². The molecule has 0 unspecified atom stereocenters. The highest BCUT2D eigenvalue weighted by Crippen LogP contribution is 2.19. The summed E-state index contributed by atoms with van der Waals surface area (Å²) in [4.78, 5) is 1.35. The lowest BCUT2D eigenvalue weighted by atomic mass is 10.1. The summed E-state index contributed by atoms with van der Waals surface area (Å²) in [7, 11) is 0. The van der Waals surface area contributed by atoms with Crippen LogP contribution in [-0.2, 0) is 0 Å². The van der Waals surface area contributed by atoms with E-state index in [0.29, 0.717) is 0 Å². The molecular formula is C15H26S. The first-order valence-electron chi connectivity index (χ1n) is 6.32. The summed E-state index contributed by atoms with van der Waals surface area (Å²) in [6, 6.07) is 0. The van der Waals surface area contributed by atoms with Crippen LogP contribution in [0, 0.1) is 0 Å². The van der Waals surface area contributed by atoms with E-state index in [9.17, 15) is 0 Å². The van der Waals surface area contributed by atoms with Crippen molar-refractivity contribution >= 4 is 11.8 Å². The molecule has 0 amide bonds. The summed E-state index contributed by atoms with van der Waals surface area (Å²) >= 11 is 1.82. The molecule has 0 nitrogen and oxygen atoms in total. The van der Waals surface area contributed by atoms with Crippen molar-refractivity contribution in [1.82, 2.24) is 0 Å². The van der Waals surface area contributed by atoms with Gasteiger partial charge < -0.3 is 0 Å². The van der Waals surface area contributed by atoms with E-state index in [2.05, 4.69) is 51.3 Å². The molecule has 0 bridgehead atoms. The summed E-state index contributed by atoms with van der Waals surface area (Å²) in [6.07, 6.45) is 17.6. The van der Waals surface area contributed by atoms with Crippen molar-refractivity contribution in [3.63, 3.8) is 0 Å². The average Bonchev–Trinajstić information content (AvgIpc) is 2.31. The molecule has 0 aliphatic rings. The molecule has 0 rings (SSSR count). The van der Waals surface area contributed by atoms with Crippen molar-refractivity contribution in [2.75, 3.05) is 6.26 Å². The predicted molar refractivity (Wildman–Crippen MR) is 78.9 cm³/mol. The smallest absolute Gasteiger partial charge is 0.00684 e. The van der Waals surface area contributed by atoms with Crippen molar-refractivity contribution in [1.29, 1.82) is 0 Å². The molecule has 0 aliphatic heterocycles. The predicted octanol–water partition coefficient (Wildman–Crippen LogP) is 5.73. The third-order valence-electron chi connectivity index (χ3n) is 2.58. The average molecular weight is 238 g/mol. The Morgan fingerprint density at radius 1 is 1.12 bits per heavy atom. The van der Waals surface area contributed by atoms with Gasteiger partial charge in [-0.2, -0.15) is 0 Å². The third kappa shape index (κ3) is 7.81. The fourth-order valence-electron chi connectivity index (χ4n) is 1.58. The van der Waals surface area contributed by atoms with Gasteiger partial charge in [0, 0.05) is 4.91 Å². The molecule has 0 saturated heterocycles. The minimum absolute atomic E-state index is 1.22. The normalized spacial score (nSPS) is 13.8. The maximum atomic E-state index is 2.32. The Bertz CT molecular complexity index is 246. The van der Waals surface area contributed by atoms with E-state index < -0.39 is 0 Å². The summed E-state index contributed by atoms with van der Waals surface area (Å²) in [5.41, 5.74) is 1.47. The van der Waals surface area contributed by atoms with Gasteiger partial charge >= 0.3 is 0 Å². The van der Waals surface area contributed by atoms with E-state index in [-0.39, 0.29) is 0 Å². The molecule has 16 heavy (non-hydrogen) atoms. The van der Waals surface area contributed by atoms with Gasteiger partial charge in [-0.15, -0.1) is 11.8 Å². The third-order valence-corrected chi connectivity index (χ3v) is 3.31. The molecule has 0 saturated carbocycles. The van der Waals surface area contributed by atoms with Crippen LogP contribution in [0.15, 0.2) is 34.8 Å². The molecule has 0 aromatic heterocycles. The quantitative estimate of drug-likeness (QED) is 0.384. The highest BCUT2D eigenvalue weighted by Gasteiger charge is 1.95. The van der Waals surface area contributed by atoms with Gasteiger partial charge in [0.05, 0.1) is 0 Å². The largest absolute Gasteiger partial charge is 0.130 e. The molecule has 0 aromatic rings. The maximum absolute atomic E-state index is 2.32. The zero-order chi connectivity index (χ0) is 12.2. The van der Waals surface area contributed by atoms with Crippen LogP contribution in [0.25, 0.3) is 0 Å². The monoisotopic (exact) mass is 238 g/mol. The molecule has 1 heteroatoms. The van der Waals surface area contributed by atoms with Gasteiger partial charge in [-0.05, 0) is 39.0 Å². The van der Waals surface area contributed by atoms with E-state index in [0.717, 1.165) is 0 Å². The number of hydrogen-bond acceptors (Lipinski definition) is 1. The Kier molecular flexibility index (Phi) is 10.8. The van der Waals surface area contributed by atoms with E-state index >= 15 is 0 Å². The Labute approximate surface area is 106 Å². The summed E-state index contributed by atoms with van der Waals surface area (Å²) in [6.45, 7) is 6.47. The number of hydrogen-bond donors (Lipinski definition) is 0. The number of rotatable bonds is 8. The van der Waals surface area contributed by atoms with Crippen molar-refractivity contribution < 1.29 is 0 Å². The number of unbranched alkanes of at least 4 members (excludes halogenated alkanes) is 3. The molecule has 0 N–H and O–H groups in total. The first-order valence-corrected chi connectivity index (χ1v) is 7.54. The molecule has 0 atom stereocenters.